The lowest BCUT2D eigenvalue weighted by Crippen LogP contribution is -2.42. The second-order valence-corrected chi connectivity index (χ2v) is 6.14. The molecule has 1 amide bonds. The van der Waals surface area contributed by atoms with E-state index in [9.17, 15) is 4.79 Å². The molecular weight excluding hydrogens is 256 g/mol. The lowest BCUT2D eigenvalue weighted by molar-refractivity contribution is 0.0489. The van der Waals surface area contributed by atoms with Crippen LogP contribution in [-0.4, -0.2) is 21.7 Å². The first-order chi connectivity index (χ1) is 9.35. The fraction of sp³-hybridized carbons (Fsp3) is 0.643. The fourth-order valence-electron chi connectivity index (χ4n) is 1.68. The van der Waals surface area contributed by atoms with E-state index in [1.165, 1.54) is 12.8 Å². The van der Waals surface area contributed by atoms with Crippen LogP contribution in [0.5, 0.6) is 0 Å². The van der Waals surface area contributed by atoms with E-state index in [0.717, 1.165) is 11.4 Å². The first-order valence-corrected chi connectivity index (χ1v) is 6.91. The van der Waals surface area contributed by atoms with Crippen molar-refractivity contribution in [1.82, 2.24) is 20.8 Å². The van der Waals surface area contributed by atoms with E-state index in [1.54, 1.807) is 12.4 Å². The Balaban J connectivity index is 1.81. The second kappa shape index (κ2) is 5.75. The van der Waals surface area contributed by atoms with Gasteiger partial charge in [0.15, 0.2) is 0 Å². The van der Waals surface area contributed by atoms with Crippen molar-refractivity contribution in [3.8, 4) is 0 Å². The van der Waals surface area contributed by atoms with Crippen molar-refractivity contribution in [3.63, 3.8) is 0 Å². The van der Waals surface area contributed by atoms with E-state index in [1.807, 2.05) is 27.7 Å². The van der Waals surface area contributed by atoms with E-state index in [0.29, 0.717) is 5.92 Å². The van der Waals surface area contributed by atoms with Crippen LogP contribution < -0.4 is 10.9 Å². The molecule has 2 N–H and O–H groups in total. The zero-order valence-corrected chi connectivity index (χ0v) is 12.4. The van der Waals surface area contributed by atoms with Crippen LogP contribution in [0.15, 0.2) is 12.4 Å². The zero-order chi connectivity index (χ0) is 14.8. The molecule has 6 nitrogen and oxygen atoms in total. The Morgan fingerprint density at radius 2 is 1.95 bits per heavy atom. The Bertz CT molecular complexity index is 463. The van der Waals surface area contributed by atoms with Gasteiger partial charge in [-0.15, -0.1) is 0 Å². The van der Waals surface area contributed by atoms with Crippen molar-refractivity contribution in [1.29, 1.82) is 0 Å². The van der Waals surface area contributed by atoms with Gasteiger partial charge in [0.05, 0.1) is 6.04 Å². The van der Waals surface area contributed by atoms with Crippen molar-refractivity contribution >= 4 is 6.09 Å². The van der Waals surface area contributed by atoms with E-state index in [4.69, 9.17) is 4.74 Å². The van der Waals surface area contributed by atoms with Gasteiger partial charge in [-0.05, 0) is 40.5 Å². The summed E-state index contributed by atoms with van der Waals surface area (Å²) in [6.45, 7) is 7.38. The Labute approximate surface area is 119 Å². The number of nitrogens with one attached hydrogen (secondary N) is 2. The largest absolute Gasteiger partial charge is 0.443 e. The van der Waals surface area contributed by atoms with E-state index >= 15 is 0 Å². The maximum atomic E-state index is 11.5. The molecule has 1 aliphatic rings. The number of ether oxygens (including phenoxy) is 1. The topological polar surface area (TPSA) is 76.1 Å². The average Bonchev–Trinajstić information content (AvgIpc) is 3.18. The Hall–Kier alpha value is -1.69. The summed E-state index contributed by atoms with van der Waals surface area (Å²) in [4.78, 5) is 20.2. The SMILES string of the molecule is CC(NNC(=O)OC(C)(C)C)c1cnc(C2CC2)nc1. The van der Waals surface area contributed by atoms with Gasteiger partial charge >= 0.3 is 6.09 Å². The van der Waals surface area contributed by atoms with Gasteiger partial charge in [-0.3, -0.25) is 5.43 Å². The van der Waals surface area contributed by atoms with Gasteiger partial charge in [0.1, 0.15) is 11.4 Å². The monoisotopic (exact) mass is 278 g/mol. The molecule has 110 valence electrons. The van der Waals surface area contributed by atoms with Crippen LogP contribution in [0.3, 0.4) is 0 Å². The fourth-order valence-corrected chi connectivity index (χ4v) is 1.68. The molecule has 0 bridgehead atoms. The quantitative estimate of drug-likeness (QED) is 0.827. The molecule has 1 heterocycles. The van der Waals surface area contributed by atoms with Crippen LogP contribution in [-0.2, 0) is 4.74 Å². The van der Waals surface area contributed by atoms with Crippen molar-refractivity contribution in [2.75, 3.05) is 0 Å². The lowest BCUT2D eigenvalue weighted by atomic mass is 10.2. The van der Waals surface area contributed by atoms with Crippen molar-refractivity contribution in [2.24, 2.45) is 0 Å². The highest BCUT2D eigenvalue weighted by Gasteiger charge is 2.26. The summed E-state index contributed by atoms with van der Waals surface area (Å²) >= 11 is 0. The Morgan fingerprint density at radius 3 is 2.45 bits per heavy atom. The summed E-state index contributed by atoms with van der Waals surface area (Å²) in [7, 11) is 0. The first-order valence-electron chi connectivity index (χ1n) is 6.91. The highest BCUT2D eigenvalue weighted by molar-refractivity contribution is 5.67. The van der Waals surface area contributed by atoms with Crippen LogP contribution in [0, 0.1) is 0 Å². The molecular formula is C14H22N4O2. The van der Waals surface area contributed by atoms with Crippen LogP contribution in [0.1, 0.15) is 63.9 Å². The molecule has 1 fully saturated rings. The molecule has 6 heteroatoms. The number of rotatable bonds is 4. The molecule has 0 aromatic carbocycles. The van der Waals surface area contributed by atoms with Gasteiger partial charge in [0, 0.05) is 23.9 Å². The van der Waals surface area contributed by atoms with Crippen LogP contribution in [0.2, 0.25) is 0 Å². The number of hydrogen-bond donors (Lipinski definition) is 2. The molecule has 1 aliphatic carbocycles. The Morgan fingerprint density at radius 1 is 1.35 bits per heavy atom. The van der Waals surface area contributed by atoms with Crippen LogP contribution >= 0.6 is 0 Å². The van der Waals surface area contributed by atoms with E-state index < -0.39 is 11.7 Å². The molecule has 20 heavy (non-hydrogen) atoms. The number of hydrogen-bond acceptors (Lipinski definition) is 5. The van der Waals surface area contributed by atoms with Crippen molar-refractivity contribution in [3.05, 3.63) is 23.8 Å². The summed E-state index contributed by atoms with van der Waals surface area (Å²) < 4.78 is 5.14. The standard InChI is InChI=1S/C14H22N4O2/c1-9(17-18-13(19)20-14(2,3)4)11-7-15-12(16-8-11)10-5-6-10/h7-10,17H,5-6H2,1-4H3,(H,18,19). The first kappa shape index (κ1) is 14.7. The molecule has 1 saturated carbocycles. The number of carbonyl (C=O) groups is 1. The van der Waals surface area contributed by atoms with Gasteiger partial charge in [-0.25, -0.2) is 20.2 Å². The number of carbonyl (C=O) groups excluding carboxylic acids is 1. The van der Waals surface area contributed by atoms with Crippen molar-refractivity contribution in [2.45, 2.75) is 58.1 Å². The lowest BCUT2D eigenvalue weighted by Gasteiger charge is -2.21. The minimum absolute atomic E-state index is 0.0872. The summed E-state index contributed by atoms with van der Waals surface area (Å²) in [6.07, 6.45) is 5.48. The van der Waals surface area contributed by atoms with Gasteiger partial charge in [-0.1, -0.05) is 0 Å². The molecule has 0 radical (unpaired) electrons. The molecule has 0 spiro atoms. The normalized spacial score (nSPS) is 16.6. The third-order valence-electron chi connectivity index (χ3n) is 2.92. The molecule has 1 atom stereocenters. The van der Waals surface area contributed by atoms with Gasteiger partial charge < -0.3 is 4.74 Å². The highest BCUT2D eigenvalue weighted by Crippen LogP contribution is 2.37. The zero-order valence-electron chi connectivity index (χ0n) is 12.4. The molecule has 2 rings (SSSR count). The molecule has 1 aromatic heterocycles. The predicted octanol–water partition coefficient (Wildman–Crippen LogP) is 2.44. The summed E-state index contributed by atoms with van der Waals surface area (Å²) in [6, 6.07) is -0.0872. The van der Waals surface area contributed by atoms with E-state index in [-0.39, 0.29) is 6.04 Å². The van der Waals surface area contributed by atoms with Crippen LogP contribution in [0.25, 0.3) is 0 Å². The molecule has 0 saturated heterocycles. The van der Waals surface area contributed by atoms with Gasteiger partial charge in [-0.2, -0.15) is 0 Å². The average molecular weight is 278 g/mol. The predicted molar refractivity (Wildman–Crippen MR) is 74.9 cm³/mol. The maximum Gasteiger partial charge on any atom is 0.422 e. The van der Waals surface area contributed by atoms with Crippen molar-refractivity contribution < 1.29 is 9.53 Å². The minimum Gasteiger partial charge on any atom is -0.443 e. The Kier molecular flexibility index (Phi) is 4.23. The summed E-state index contributed by atoms with van der Waals surface area (Å²) in [5.41, 5.74) is 5.81. The summed E-state index contributed by atoms with van der Waals surface area (Å²) in [5, 5.41) is 0. The van der Waals surface area contributed by atoms with E-state index in [2.05, 4.69) is 20.8 Å². The maximum absolute atomic E-state index is 11.5. The molecule has 1 aromatic rings. The molecule has 0 aliphatic heterocycles. The smallest absolute Gasteiger partial charge is 0.422 e. The summed E-state index contributed by atoms with van der Waals surface area (Å²) in [5.74, 6) is 1.47. The van der Waals surface area contributed by atoms with Gasteiger partial charge in [0.25, 0.3) is 0 Å². The minimum atomic E-state index is -0.510. The second-order valence-electron chi connectivity index (χ2n) is 6.14. The number of hydrazine groups is 1. The third-order valence-corrected chi connectivity index (χ3v) is 2.92. The van der Waals surface area contributed by atoms with Crippen LogP contribution in [0.4, 0.5) is 4.79 Å². The number of nitrogens with zero attached hydrogens (tertiary/aromatic N) is 2. The van der Waals surface area contributed by atoms with Gasteiger partial charge in [0.2, 0.25) is 0 Å². The number of aromatic nitrogens is 2. The number of amides is 1. The highest BCUT2D eigenvalue weighted by atomic mass is 16.6. The third kappa shape index (κ3) is 4.45. The molecule has 1 unspecified atom stereocenters.